The van der Waals surface area contributed by atoms with Crippen LogP contribution in [0.5, 0.6) is 11.5 Å². The molecular formula is C27H31N5O7S. The number of carbonyl (C=O) groups excluding carboxylic acids is 3. The minimum Gasteiger partial charge on any atom is -0.493 e. The van der Waals surface area contributed by atoms with Crippen LogP contribution in [0.1, 0.15) is 27.5 Å². The number of hydrogen-bond acceptors (Lipinski definition) is 7. The molecule has 6 N–H and O–H groups in total. The number of amides is 4. The van der Waals surface area contributed by atoms with Crippen LogP contribution in [0.2, 0.25) is 0 Å². The van der Waals surface area contributed by atoms with Crippen molar-refractivity contribution in [2.24, 2.45) is 5.73 Å². The Bertz CT molecular complexity index is 1430. The van der Waals surface area contributed by atoms with E-state index in [1.54, 1.807) is 50.5 Å². The lowest BCUT2D eigenvalue weighted by Crippen LogP contribution is -2.33. The molecular weight excluding hydrogens is 538 g/mol. The zero-order valence-electron chi connectivity index (χ0n) is 22.4. The van der Waals surface area contributed by atoms with Gasteiger partial charge in [-0.05, 0) is 59.7 Å². The van der Waals surface area contributed by atoms with Crippen LogP contribution in [0.25, 0.3) is 0 Å². The highest BCUT2D eigenvalue weighted by Crippen LogP contribution is 2.32. The minimum absolute atomic E-state index is 0.0768. The molecule has 2 unspecified atom stereocenters. The lowest BCUT2D eigenvalue weighted by atomic mass is 10.0. The van der Waals surface area contributed by atoms with Gasteiger partial charge in [-0.15, -0.1) is 0 Å². The van der Waals surface area contributed by atoms with E-state index in [-0.39, 0.29) is 23.0 Å². The van der Waals surface area contributed by atoms with Gasteiger partial charge in [-0.25, -0.2) is 9.00 Å². The number of urea groups is 1. The molecule has 0 aliphatic heterocycles. The van der Waals surface area contributed by atoms with Crippen molar-refractivity contribution in [2.75, 3.05) is 38.9 Å². The number of ether oxygens (including phenoxy) is 2. The van der Waals surface area contributed by atoms with E-state index in [4.69, 9.17) is 15.2 Å². The lowest BCUT2D eigenvalue weighted by molar-refractivity contribution is -0.122. The first kappa shape index (κ1) is 29.9. The second-order valence-electron chi connectivity index (χ2n) is 8.75. The molecule has 3 aromatic rings. The lowest BCUT2D eigenvalue weighted by Gasteiger charge is -2.22. The number of nitrogens with one attached hydrogen (secondary N) is 3. The number of hydrogen-bond donors (Lipinski definition) is 5. The van der Waals surface area contributed by atoms with Gasteiger partial charge in [0.2, 0.25) is 11.8 Å². The predicted molar refractivity (Wildman–Crippen MR) is 151 cm³/mol. The summed E-state index contributed by atoms with van der Waals surface area (Å²) in [5.74, 6) is -0.254. The number of benzene rings is 3. The summed E-state index contributed by atoms with van der Waals surface area (Å²) in [6, 6.07) is 14.4. The molecule has 0 fully saturated rings. The minimum atomic E-state index is -2.34. The van der Waals surface area contributed by atoms with Crippen LogP contribution in [0.4, 0.5) is 16.2 Å². The van der Waals surface area contributed by atoms with Gasteiger partial charge in [-0.3, -0.25) is 9.59 Å². The monoisotopic (exact) mass is 569 g/mol. The van der Waals surface area contributed by atoms with E-state index in [0.717, 1.165) is 0 Å². The standard InChI is InChI=1S/C27H31N5O7S/c1-32(2)27(35)31-20-9-11-23(40(36)37)18(13-20)15-29-26(34)24(16-8-10-21(38-3)22(14-16)39-4)30-19-7-5-6-17(12-19)25(28)33/h5-14,24,30H,15H2,1-4H3,(H2,28,33)(H,29,34)(H,31,35)(H,36,37). The Kier molecular flexibility index (Phi) is 10.1. The second-order valence-corrected chi connectivity index (χ2v) is 9.69. The highest BCUT2D eigenvalue weighted by atomic mass is 32.2. The molecule has 13 heteroatoms. The van der Waals surface area contributed by atoms with Crippen molar-refractivity contribution in [3.63, 3.8) is 0 Å². The average Bonchev–Trinajstić information content (AvgIpc) is 2.94. The van der Waals surface area contributed by atoms with Gasteiger partial charge in [0.25, 0.3) is 0 Å². The van der Waals surface area contributed by atoms with Crippen molar-refractivity contribution in [3.8, 4) is 11.5 Å². The molecule has 12 nitrogen and oxygen atoms in total. The SMILES string of the molecule is COc1ccc(C(Nc2cccc(C(N)=O)c2)C(=O)NCc2cc(NC(=O)N(C)C)ccc2S(=O)O)cc1OC. The zero-order chi connectivity index (χ0) is 29.4. The van der Waals surface area contributed by atoms with Crippen LogP contribution in [0, 0.1) is 0 Å². The van der Waals surface area contributed by atoms with Crippen molar-refractivity contribution < 1.29 is 32.6 Å². The largest absolute Gasteiger partial charge is 0.493 e. The molecule has 0 aliphatic rings. The summed E-state index contributed by atoms with van der Waals surface area (Å²) in [5.41, 5.74) is 7.34. The molecule has 0 spiro atoms. The Morgan fingerprint density at radius 2 is 1.70 bits per heavy atom. The third-order valence-corrected chi connectivity index (χ3v) is 6.59. The maximum absolute atomic E-state index is 13.6. The summed E-state index contributed by atoms with van der Waals surface area (Å²) in [7, 11) is 6.12. The Balaban J connectivity index is 1.94. The molecule has 3 rings (SSSR count). The molecule has 2 atom stereocenters. The van der Waals surface area contributed by atoms with Crippen LogP contribution in [-0.2, 0) is 22.4 Å². The average molecular weight is 570 g/mol. The molecule has 0 saturated heterocycles. The van der Waals surface area contributed by atoms with Crippen LogP contribution < -0.4 is 31.2 Å². The van der Waals surface area contributed by atoms with Gasteiger partial charge in [-0.2, -0.15) is 0 Å². The zero-order valence-corrected chi connectivity index (χ0v) is 23.2. The molecule has 3 aromatic carbocycles. The van der Waals surface area contributed by atoms with Gasteiger partial charge in [0.05, 0.1) is 19.1 Å². The summed E-state index contributed by atoms with van der Waals surface area (Å²) in [4.78, 5) is 38.7. The Labute approximate surface area is 234 Å². The molecule has 40 heavy (non-hydrogen) atoms. The Morgan fingerprint density at radius 3 is 2.33 bits per heavy atom. The third-order valence-electron chi connectivity index (χ3n) is 5.82. The molecule has 212 valence electrons. The third kappa shape index (κ3) is 7.48. The number of methoxy groups -OCH3 is 2. The van der Waals surface area contributed by atoms with Gasteiger partial charge in [0, 0.05) is 37.6 Å². The first-order chi connectivity index (χ1) is 19.0. The van der Waals surface area contributed by atoms with Crippen LogP contribution in [0.15, 0.2) is 65.6 Å². The number of nitrogens with zero attached hydrogens (tertiary/aromatic N) is 1. The topological polar surface area (TPSA) is 172 Å². The summed E-state index contributed by atoms with van der Waals surface area (Å²) in [5, 5.41) is 8.57. The molecule has 0 radical (unpaired) electrons. The van der Waals surface area contributed by atoms with Gasteiger partial charge < -0.3 is 40.6 Å². The van der Waals surface area contributed by atoms with Gasteiger partial charge in [0.15, 0.2) is 22.6 Å². The van der Waals surface area contributed by atoms with Crippen molar-refractivity contribution in [2.45, 2.75) is 17.5 Å². The quantitative estimate of drug-likeness (QED) is 0.219. The maximum Gasteiger partial charge on any atom is 0.321 e. The number of carbonyl (C=O) groups is 3. The van der Waals surface area contributed by atoms with Crippen LogP contribution in [0.3, 0.4) is 0 Å². The summed E-state index contributed by atoms with van der Waals surface area (Å²) in [6.07, 6.45) is 0. The van der Waals surface area contributed by atoms with Gasteiger partial charge >= 0.3 is 6.03 Å². The van der Waals surface area contributed by atoms with Crippen LogP contribution >= 0.6 is 0 Å². The molecule has 0 aliphatic carbocycles. The van der Waals surface area contributed by atoms with Gasteiger partial charge in [-0.1, -0.05) is 12.1 Å². The van der Waals surface area contributed by atoms with E-state index in [2.05, 4.69) is 16.0 Å². The highest BCUT2D eigenvalue weighted by Gasteiger charge is 2.23. The fraction of sp³-hybridized carbons (Fsp3) is 0.222. The second kappa shape index (κ2) is 13.4. The molecule has 4 amide bonds. The van der Waals surface area contributed by atoms with E-state index in [1.807, 2.05) is 0 Å². The van der Waals surface area contributed by atoms with Crippen LogP contribution in [-0.4, -0.2) is 59.8 Å². The fourth-order valence-electron chi connectivity index (χ4n) is 3.75. The van der Waals surface area contributed by atoms with E-state index in [1.165, 1.54) is 43.4 Å². The van der Waals surface area contributed by atoms with E-state index in [0.29, 0.717) is 34.0 Å². The summed E-state index contributed by atoms with van der Waals surface area (Å²) in [6.45, 7) is -0.126. The summed E-state index contributed by atoms with van der Waals surface area (Å²) >= 11 is -2.34. The summed E-state index contributed by atoms with van der Waals surface area (Å²) < 4.78 is 32.4. The number of anilines is 2. The van der Waals surface area contributed by atoms with E-state index >= 15 is 0 Å². The smallest absolute Gasteiger partial charge is 0.321 e. The number of rotatable bonds is 11. The van der Waals surface area contributed by atoms with Gasteiger partial charge in [0.1, 0.15) is 6.04 Å². The van der Waals surface area contributed by atoms with Crippen molar-refractivity contribution in [3.05, 3.63) is 77.4 Å². The van der Waals surface area contributed by atoms with Crippen molar-refractivity contribution >= 4 is 40.3 Å². The predicted octanol–water partition coefficient (Wildman–Crippen LogP) is 2.95. The number of primary amides is 1. The Morgan fingerprint density at radius 1 is 0.975 bits per heavy atom. The first-order valence-corrected chi connectivity index (χ1v) is 13.0. The molecule has 0 heterocycles. The van der Waals surface area contributed by atoms with Crippen molar-refractivity contribution in [1.29, 1.82) is 0 Å². The highest BCUT2D eigenvalue weighted by molar-refractivity contribution is 7.79. The van der Waals surface area contributed by atoms with E-state index < -0.39 is 28.9 Å². The molecule has 0 saturated carbocycles. The maximum atomic E-state index is 13.6. The normalized spacial score (nSPS) is 12.0. The number of nitrogens with two attached hydrogens (primary N) is 1. The van der Waals surface area contributed by atoms with E-state index in [9.17, 15) is 23.1 Å². The first-order valence-electron chi connectivity index (χ1n) is 11.9. The Hall–Kier alpha value is -4.62. The fourth-order valence-corrected chi connectivity index (χ4v) is 4.29. The molecule has 0 aromatic heterocycles. The van der Waals surface area contributed by atoms with Crippen molar-refractivity contribution in [1.82, 2.24) is 10.2 Å². The molecule has 0 bridgehead atoms.